The minimum Gasteiger partial charge on any atom is -0.311 e. The van der Waals surface area contributed by atoms with Gasteiger partial charge in [-0.15, -0.1) is 0 Å². The van der Waals surface area contributed by atoms with Crippen molar-refractivity contribution in [1.82, 2.24) is 4.98 Å². The molecule has 0 spiro atoms. The maximum atomic E-state index is 11.8. The van der Waals surface area contributed by atoms with E-state index in [2.05, 4.69) is 10.3 Å². The van der Waals surface area contributed by atoms with Gasteiger partial charge in [-0.05, 0) is 37.1 Å². The van der Waals surface area contributed by atoms with Crippen LogP contribution < -0.4 is 5.32 Å². The van der Waals surface area contributed by atoms with Crippen LogP contribution >= 0.6 is 11.6 Å². The van der Waals surface area contributed by atoms with Crippen molar-refractivity contribution in [3.05, 3.63) is 58.7 Å². The molecule has 2 rings (SSSR count). The number of hydrogen-bond acceptors (Lipinski definition) is 2. The minimum absolute atomic E-state index is 0.0574. The number of nitrogens with zero attached hydrogens (tertiary/aromatic N) is 1. The van der Waals surface area contributed by atoms with Gasteiger partial charge in [0, 0.05) is 17.1 Å². The molecule has 2 aromatic rings. The molecule has 4 heteroatoms. The van der Waals surface area contributed by atoms with E-state index in [1.165, 1.54) is 0 Å². The average Bonchev–Trinajstić information content (AvgIpc) is 2.38. The molecule has 0 aliphatic rings. The Bertz CT molecular complexity index is 584. The van der Waals surface area contributed by atoms with E-state index in [1.54, 1.807) is 6.07 Å². The van der Waals surface area contributed by atoms with Gasteiger partial charge in [-0.1, -0.05) is 35.9 Å². The number of rotatable bonds is 4. The normalized spacial score (nSPS) is 10.2. The Morgan fingerprint density at radius 3 is 2.74 bits per heavy atom. The quantitative estimate of drug-likeness (QED) is 0.925. The second kappa shape index (κ2) is 6.34. The highest BCUT2D eigenvalue weighted by atomic mass is 35.5. The van der Waals surface area contributed by atoms with Crippen molar-refractivity contribution in [2.45, 2.75) is 19.8 Å². The highest BCUT2D eigenvalue weighted by molar-refractivity contribution is 6.31. The van der Waals surface area contributed by atoms with E-state index in [0.29, 0.717) is 23.7 Å². The summed E-state index contributed by atoms with van der Waals surface area (Å²) in [4.78, 5) is 16.0. The lowest BCUT2D eigenvalue weighted by molar-refractivity contribution is -0.116. The summed E-state index contributed by atoms with van der Waals surface area (Å²) in [6, 6.07) is 13.1. The third kappa shape index (κ3) is 4.07. The summed E-state index contributed by atoms with van der Waals surface area (Å²) < 4.78 is 0. The summed E-state index contributed by atoms with van der Waals surface area (Å²) in [5, 5.41) is 3.48. The summed E-state index contributed by atoms with van der Waals surface area (Å²) >= 11 is 6.04. The monoisotopic (exact) mass is 274 g/mol. The van der Waals surface area contributed by atoms with Gasteiger partial charge < -0.3 is 5.32 Å². The van der Waals surface area contributed by atoms with Crippen LogP contribution in [0.4, 0.5) is 5.82 Å². The SMILES string of the molecule is Cc1cccc(NC(=O)CCc2ccccc2Cl)n1. The molecular formula is C15H15ClN2O. The third-order valence-corrected chi connectivity index (χ3v) is 3.10. The average molecular weight is 275 g/mol. The van der Waals surface area contributed by atoms with Gasteiger partial charge in [0.15, 0.2) is 0 Å². The number of carbonyl (C=O) groups excluding carboxylic acids is 1. The van der Waals surface area contributed by atoms with Crippen LogP contribution in [0.2, 0.25) is 5.02 Å². The lowest BCUT2D eigenvalue weighted by Gasteiger charge is -2.06. The molecule has 0 aliphatic heterocycles. The fraction of sp³-hybridized carbons (Fsp3) is 0.200. The van der Waals surface area contributed by atoms with Crippen LogP contribution in [-0.2, 0) is 11.2 Å². The standard InChI is InChI=1S/C15H15ClN2O/c1-11-5-4-8-14(17-11)18-15(19)10-9-12-6-2-3-7-13(12)16/h2-8H,9-10H2,1H3,(H,17,18,19). The van der Waals surface area contributed by atoms with Gasteiger partial charge >= 0.3 is 0 Å². The summed E-state index contributed by atoms with van der Waals surface area (Å²) in [5.41, 5.74) is 1.86. The number of aromatic nitrogens is 1. The molecule has 0 atom stereocenters. The fourth-order valence-electron chi connectivity index (χ4n) is 1.77. The van der Waals surface area contributed by atoms with Crippen molar-refractivity contribution < 1.29 is 4.79 Å². The van der Waals surface area contributed by atoms with Crippen molar-refractivity contribution in [1.29, 1.82) is 0 Å². The molecule has 0 saturated carbocycles. The zero-order chi connectivity index (χ0) is 13.7. The van der Waals surface area contributed by atoms with Crippen LogP contribution in [0.3, 0.4) is 0 Å². The molecular weight excluding hydrogens is 260 g/mol. The molecule has 1 aromatic carbocycles. The molecule has 1 heterocycles. The van der Waals surface area contributed by atoms with E-state index >= 15 is 0 Å². The second-order valence-corrected chi connectivity index (χ2v) is 4.71. The first-order valence-corrected chi connectivity index (χ1v) is 6.50. The molecule has 1 aromatic heterocycles. The van der Waals surface area contributed by atoms with E-state index in [-0.39, 0.29) is 5.91 Å². The zero-order valence-electron chi connectivity index (χ0n) is 10.7. The van der Waals surface area contributed by atoms with Gasteiger partial charge in [-0.3, -0.25) is 4.79 Å². The Labute approximate surface area is 117 Å². The summed E-state index contributed by atoms with van der Waals surface area (Å²) in [5.74, 6) is 0.530. The van der Waals surface area contributed by atoms with Crippen molar-refractivity contribution in [2.75, 3.05) is 5.32 Å². The van der Waals surface area contributed by atoms with E-state index < -0.39 is 0 Å². The lowest BCUT2D eigenvalue weighted by atomic mass is 10.1. The largest absolute Gasteiger partial charge is 0.311 e. The predicted octanol–water partition coefficient (Wildman–Crippen LogP) is 3.61. The number of pyridine rings is 1. The Morgan fingerprint density at radius 1 is 1.21 bits per heavy atom. The number of anilines is 1. The van der Waals surface area contributed by atoms with Crippen molar-refractivity contribution in [3.63, 3.8) is 0 Å². The predicted molar refractivity (Wildman–Crippen MR) is 77.4 cm³/mol. The first-order valence-electron chi connectivity index (χ1n) is 6.12. The van der Waals surface area contributed by atoms with Crippen molar-refractivity contribution in [2.24, 2.45) is 0 Å². The molecule has 1 amide bonds. The van der Waals surface area contributed by atoms with Crippen LogP contribution in [0, 0.1) is 6.92 Å². The highest BCUT2D eigenvalue weighted by Gasteiger charge is 2.06. The number of amides is 1. The molecule has 0 unspecified atom stereocenters. The summed E-state index contributed by atoms with van der Waals surface area (Å²) in [6.45, 7) is 1.89. The van der Waals surface area contributed by atoms with Crippen LogP contribution in [0.15, 0.2) is 42.5 Å². The number of halogens is 1. The van der Waals surface area contributed by atoms with E-state index in [0.717, 1.165) is 11.3 Å². The number of carbonyl (C=O) groups is 1. The summed E-state index contributed by atoms with van der Waals surface area (Å²) in [7, 11) is 0. The molecule has 0 fully saturated rings. The first-order chi connectivity index (χ1) is 9.15. The number of nitrogens with one attached hydrogen (secondary N) is 1. The second-order valence-electron chi connectivity index (χ2n) is 4.30. The van der Waals surface area contributed by atoms with Crippen LogP contribution in [0.1, 0.15) is 17.7 Å². The summed E-state index contributed by atoms with van der Waals surface area (Å²) in [6.07, 6.45) is 1.01. The van der Waals surface area contributed by atoms with Gasteiger partial charge in [-0.2, -0.15) is 0 Å². The number of hydrogen-bond donors (Lipinski definition) is 1. The maximum absolute atomic E-state index is 11.8. The molecule has 0 bridgehead atoms. The molecule has 3 nitrogen and oxygen atoms in total. The topological polar surface area (TPSA) is 42.0 Å². The lowest BCUT2D eigenvalue weighted by Crippen LogP contribution is -2.13. The Kier molecular flexibility index (Phi) is 4.53. The molecule has 0 saturated heterocycles. The zero-order valence-corrected chi connectivity index (χ0v) is 11.4. The minimum atomic E-state index is -0.0574. The smallest absolute Gasteiger partial charge is 0.225 e. The molecule has 19 heavy (non-hydrogen) atoms. The Hall–Kier alpha value is -1.87. The molecule has 0 radical (unpaired) electrons. The van der Waals surface area contributed by atoms with Crippen molar-refractivity contribution >= 4 is 23.3 Å². The van der Waals surface area contributed by atoms with Crippen molar-refractivity contribution in [3.8, 4) is 0 Å². The van der Waals surface area contributed by atoms with Gasteiger partial charge in [0.25, 0.3) is 0 Å². The first kappa shape index (κ1) is 13.6. The highest BCUT2D eigenvalue weighted by Crippen LogP contribution is 2.16. The number of aryl methyl sites for hydroxylation is 2. The van der Waals surface area contributed by atoms with Crippen LogP contribution in [-0.4, -0.2) is 10.9 Å². The van der Waals surface area contributed by atoms with E-state index in [9.17, 15) is 4.79 Å². The molecule has 0 aliphatic carbocycles. The molecule has 1 N–H and O–H groups in total. The maximum Gasteiger partial charge on any atom is 0.225 e. The third-order valence-electron chi connectivity index (χ3n) is 2.74. The fourth-order valence-corrected chi connectivity index (χ4v) is 2.00. The number of benzene rings is 1. The van der Waals surface area contributed by atoms with Gasteiger partial charge in [-0.25, -0.2) is 4.98 Å². The van der Waals surface area contributed by atoms with E-state index in [1.807, 2.05) is 43.3 Å². The van der Waals surface area contributed by atoms with Gasteiger partial charge in [0.2, 0.25) is 5.91 Å². The Balaban J connectivity index is 1.90. The van der Waals surface area contributed by atoms with Crippen LogP contribution in [0.25, 0.3) is 0 Å². The molecule has 98 valence electrons. The van der Waals surface area contributed by atoms with E-state index in [4.69, 9.17) is 11.6 Å². The Morgan fingerprint density at radius 2 is 2.00 bits per heavy atom. The van der Waals surface area contributed by atoms with Gasteiger partial charge in [0.1, 0.15) is 5.82 Å². The van der Waals surface area contributed by atoms with Crippen LogP contribution in [0.5, 0.6) is 0 Å². The van der Waals surface area contributed by atoms with Gasteiger partial charge in [0.05, 0.1) is 0 Å².